The molecule has 0 spiro atoms. The van der Waals surface area contributed by atoms with E-state index in [1.165, 1.54) is 10.9 Å². The second-order valence-electron chi connectivity index (χ2n) is 3.53. The summed E-state index contributed by atoms with van der Waals surface area (Å²) in [7, 11) is -1.76. The van der Waals surface area contributed by atoms with Gasteiger partial charge in [-0.05, 0) is 9.91 Å². The lowest BCUT2D eigenvalue weighted by atomic mass is 10.6. The maximum absolute atomic E-state index is 11.4. The number of hydrogen-bond donors (Lipinski definition) is 2. The van der Waals surface area contributed by atoms with Crippen LogP contribution in [-0.2, 0) is 17.1 Å². The summed E-state index contributed by atoms with van der Waals surface area (Å²) in [6.45, 7) is 2.06. The van der Waals surface area contributed by atoms with Crippen molar-refractivity contribution in [1.82, 2.24) is 14.3 Å². The van der Waals surface area contributed by atoms with E-state index < -0.39 is 14.9 Å². The summed E-state index contributed by atoms with van der Waals surface area (Å²) >= 11 is 0. The molecule has 0 aromatic carbocycles. The fraction of sp³-hybridized carbons (Fsp3) is 0.625. The van der Waals surface area contributed by atoms with Crippen molar-refractivity contribution in [2.45, 2.75) is 6.92 Å². The predicted molar refractivity (Wildman–Crippen MR) is 65.8 cm³/mol. The number of nitrogens with one attached hydrogen (secondary N) is 2. The van der Waals surface area contributed by atoms with Gasteiger partial charge in [-0.25, -0.2) is 13.1 Å². The van der Waals surface area contributed by atoms with Gasteiger partial charge in [0.25, 0.3) is 0 Å². The Morgan fingerprint density at radius 2 is 2.22 bits per heavy atom. The molecule has 0 radical (unpaired) electrons. The summed E-state index contributed by atoms with van der Waals surface area (Å²) in [5.41, 5.74) is 0. The third-order valence-electron chi connectivity index (χ3n) is 2.12. The van der Waals surface area contributed by atoms with E-state index in [1.54, 1.807) is 14.0 Å². The molecule has 0 bridgehead atoms. The Balaban J connectivity index is 2.65. The molecular weight excluding hydrogens is 262 g/mol. The van der Waals surface area contributed by atoms with Gasteiger partial charge in [0.15, 0.2) is 0 Å². The number of nitro groups is 1. The van der Waals surface area contributed by atoms with Crippen LogP contribution in [0, 0.1) is 10.1 Å². The summed E-state index contributed by atoms with van der Waals surface area (Å²) in [4.78, 5) is 13.6. The van der Waals surface area contributed by atoms with E-state index in [0.29, 0.717) is 6.54 Å². The Morgan fingerprint density at radius 1 is 1.56 bits per heavy atom. The molecule has 10 heteroatoms. The van der Waals surface area contributed by atoms with Crippen molar-refractivity contribution >= 4 is 21.7 Å². The van der Waals surface area contributed by atoms with Gasteiger partial charge in [-0.15, -0.1) is 0 Å². The molecule has 0 atom stereocenters. The molecule has 0 aliphatic heterocycles. The van der Waals surface area contributed by atoms with Gasteiger partial charge in [0.2, 0.25) is 22.2 Å². The van der Waals surface area contributed by atoms with Crippen LogP contribution in [0.25, 0.3) is 0 Å². The maximum atomic E-state index is 11.4. The minimum Gasteiger partial charge on any atom is -0.363 e. The van der Waals surface area contributed by atoms with Crippen molar-refractivity contribution in [3.05, 3.63) is 16.4 Å². The van der Waals surface area contributed by atoms with Crippen LogP contribution in [0.4, 0.5) is 11.6 Å². The second-order valence-corrected chi connectivity index (χ2v) is 5.45. The number of aromatic nitrogens is 2. The van der Waals surface area contributed by atoms with Crippen molar-refractivity contribution < 1.29 is 13.3 Å². The summed E-state index contributed by atoms with van der Waals surface area (Å²) in [5.74, 6) is -0.298. The van der Waals surface area contributed by atoms with Crippen LogP contribution < -0.4 is 10.0 Å². The van der Waals surface area contributed by atoms with Gasteiger partial charge in [-0.3, -0.25) is 4.57 Å². The fourth-order valence-electron chi connectivity index (χ4n) is 1.35. The van der Waals surface area contributed by atoms with E-state index in [2.05, 4.69) is 15.0 Å². The number of sulfonamides is 1. The highest BCUT2D eigenvalue weighted by Crippen LogP contribution is 2.20. The van der Waals surface area contributed by atoms with Gasteiger partial charge in [-0.2, -0.15) is 0 Å². The molecule has 1 rings (SSSR count). The van der Waals surface area contributed by atoms with Gasteiger partial charge in [0.1, 0.15) is 0 Å². The van der Waals surface area contributed by atoms with E-state index in [9.17, 15) is 18.5 Å². The van der Waals surface area contributed by atoms with Crippen molar-refractivity contribution in [1.29, 1.82) is 0 Å². The highest BCUT2D eigenvalue weighted by atomic mass is 32.2. The van der Waals surface area contributed by atoms with Crippen LogP contribution in [0.5, 0.6) is 0 Å². The first-order valence-corrected chi connectivity index (χ1v) is 6.89. The summed E-state index contributed by atoms with van der Waals surface area (Å²) in [6, 6.07) is 0. The highest BCUT2D eigenvalue weighted by molar-refractivity contribution is 7.89. The second kappa shape index (κ2) is 5.78. The van der Waals surface area contributed by atoms with Gasteiger partial charge < -0.3 is 15.4 Å². The first-order valence-electron chi connectivity index (χ1n) is 5.24. The molecule has 9 nitrogen and oxygen atoms in total. The summed E-state index contributed by atoms with van der Waals surface area (Å²) in [5, 5.41) is 13.4. The Morgan fingerprint density at radius 3 is 2.78 bits per heavy atom. The zero-order valence-electron chi connectivity index (χ0n) is 10.1. The number of aryl methyl sites for hydroxylation is 1. The molecule has 1 aromatic heterocycles. The minimum atomic E-state index is -3.34. The molecule has 0 amide bonds. The largest absolute Gasteiger partial charge is 0.406 e. The van der Waals surface area contributed by atoms with Gasteiger partial charge in [0, 0.05) is 20.1 Å². The van der Waals surface area contributed by atoms with Crippen molar-refractivity contribution in [3.8, 4) is 0 Å². The van der Waals surface area contributed by atoms with Crippen LogP contribution >= 0.6 is 0 Å². The lowest BCUT2D eigenvalue weighted by Crippen LogP contribution is -2.29. The third-order valence-corrected chi connectivity index (χ3v) is 3.59. The van der Waals surface area contributed by atoms with Gasteiger partial charge in [0.05, 0.1) is 5.75 Å². The van der Waals surface area contributed by atoms with Crippen LogP contribution in [0.3, 0.4) is 0 Å². The molecule has 0 unspecified atom stereocenters. The number of anilines is 1. The quantitative estimate of drug-likeness (QED) is 0.520. The topological polar surface area (TPSA) is 119 Å². The highest BCUT2D eigenvalue weighted by Gasteiger charge is 2.20. The average molecular weight is 277 g/mol. The monoisotopic (exact) mass is 277 g/mol. The normalized spacial score (nSPS) is 11.4. The molecule has 0 fully saturated rings. The van der Waals surface area contributed by atoms with Crippen LogP contribution in [0.2, 0.25) is 0 Å². The Kier molecular flexibility index (Phi) is 4.62. The molecule has 102 valence electrons. The molecule has 2 N–H and O–H groups in total. The fourth-order valence-corrected chi connectivity index (χ4v) is 2.31. The molecular formula is C8H15N5O4S. The zero-order valence-corrected chi connectivity index (χ0v) is 10.9. The van der Waals surface area contributed by atoms with Crippen LogP contribution in [0.15, 0.2) is 6.33 Å². The van der Waals surface area contributed by atoms with Gasteiger partial charge in [-0.1, -0.05) is 6.92 Å². The van der Waals surface area contributed by atoms with Crippen LogP contribution in [0.1, 0.15) is 6.92 Å². The number of rotatable bonds is 7. The smallest absolute Gasteiger partial charge is 0.363 e. The standard InChI is InChI=1S/C8H15N5O4S/c1-3-11-18(16,17)5-4-9-7-8(13(14)15)10-6-12(7)2/h6,9,11H,3-5H2,1-2H3. The van der Waals surface area contributed by atoms with E-state index in [1.807, 2.05) is 0 Å². The minimum absolute atomic E-state index is 0.0652. The van der Waals surface area contributed by atoms with Crippen molar-refractivity contribution in [2.24, 2.45) is 7.05 Å². The molecule has 1 heterocycles. The summed E-state index contributed by atoms with van der Waals surface area (Å²) < 4.78 is 26.5. The Hall–Kier alpha value is -1.68. The first kappa shape index (κ1) is 14.4. The van der Waals surface area contributed by atoms with Gasteiger partial charge >= 0.3 is 5.82 Å². The number of nitrogens with zero attached hydrogens (tertiary/aromatic N) is 3. The van der Waals surface area contributed by atoms with E-state index in [4.69, 9.17) is 0 Å². The SMILES string of the molecule is CCNS(=O)(=O)CCNc1c([N+](=O)[O-])ncn1C. The number of imidazole rings is 1. The third kappa shape index (κ3) is 3.67. The molecule has 0 saturated carbocycles. The zero-order chi connectivity index (χ0) is 13.8. The predicted octanol–water partition coefficient (Wildman–Crippen LogP) is -0.320. The summed E-state index contributed by atoms with van der Waals surface area (Å²) in [6.07, 6.45) is 1.29. The van der Waals surface area contributed by atoms with E-state index in [-0.39, 0.29) is 23.9 Å². The van der Waals surface area contributed by atoms with E-state index >= 15 is 0 Å². The lowest BCUT2D eigenvalue weighted by Gasteiger charge is -2.07. The number of hydrogen-bond acceptors (Lipinski definition) is 6. The van der Waals surface area contributed by atoms with E-state index in [0.717, 1.165) is 0 Å². The molecule has 0 saturated heterocycles. The first-order chi connectivity index (χ1) is 8.37. The Labute approximate surface area is 104 Å². The molecule has 0 aliphatic carbocycles. The van der Waals surface area contributed by atoms with Crippen molar-refractivity contribution in [2.75, 3.05) is 24.2 Å². The maximum Gasteiger partial charge on any atom is 0.406 e. The molecule has 1 aromatic rings. The average Bonchev–Trinajstić information content (AvgIpc) is 2.60. The Bertz CT molecular complexity index is 524. The van der Waals surface area contributed by atoms with Crippen molar-refractivity contribution in [3.63, 3.8) is 0 Å². The van der Waals surface area contributed by atoms with Crippen LogP contribution in [-0.4, -0.2) is 41.7 Å². The molecule has 18 heavy (non-hydrogen) atoms. The molecule has 0 aliphatic rings. The lowest BCUT2D eigenvalue weighted by molar-refractivity contribution is -0.388.